The molecule has 1 aliphatic heterocycles. The first-order chi connectivity index (χ1) is 8.58. The van der Waals surface area contributed by atoms with Gasteiger partial charge < -0.3 is 15.5 Å². The molecular weight excluding hydrogens is 262 g/mol. The molecule has 110 valence electrons. The average Bonchev–Trinajstić information content (AvgIpc) is 3.03. The minimum Gasteiger partial charge on any atom is -0.341 e. The number of likely N-dealkylation sites (tertiary alicyclic amines) is 1. The first kappa shape index (κ1) is 15.1. The van der Waals surface area contributed by atoms with Crippen molar-refractivity contribution in [2.24, 2.45) is 23.5 Å². The number of nitrogens with zero attached hydrogens (tertiary/aromatic N) is 2. The zero-order chi connectivity index (χ0) is 12.9. The van der Waals surface area contributed by atoms with Gasteiger partial charge in [-0.2, -0.15) is 0 Å². The number of fused-ring (bicyclic) bond motifs is 2. The standard InChI is InChI=1S/C14H25N3O.ClH/c1-16(2)11-5-6-17(8-11)14(18)12-9-3-4-10(7-9)13(12)15;/h9-13H,3-8,15H2,1-2H3;1H. The van der Waals surface area contributed by atoms with E-state index in [0.29, 0.717) is 23.8 Å². The molecule has 3 aliphatic rings. The molecule has 0 aromatic heterocycles. The van der Waals surface area contributed by atoms with Crippen molar-refractivity contribution in [2.45, 2.75) is 37.8 Å². The summed E-state index contributed by atoms with van der Waals surface area (Å²) in [4.78, 5) is 16.9. The fraction of sp³-hybridized carbons (Fsp3) is 0.929. The van der Waals surface area contributed by atoms with Gasteiger partial charge in [-0.05, 0) is 51.6 Å². The van der Waals surface area contributed by atoms with Crippen molar-refractivity contribution in [3.63, 3.8) is 0 Å². The first-order valence-corrected chi connectivity index (χ1v) is 7.28. The summed E-state index contributed by atoms with van der Waals surface area (Å²) in [7, 11) is 4.20. The van der Waals surface area contributed by atoms with E-state index >= 15 is 0 Å². The lowest BCUT2D eigenvalue weighted by Gasteiger charge is -2.31. The van der Waals surface area contributed by atoms with Crippen LogP contribution < -0.4 is 5.73 Å². The SMILES string of the molecule is CN(C)C1CCN(C(=O)C2C3CCC(C3)C2N)C1.Cl. The maximum absolute atomic E-state index is 12.6. The van der Waals surface area contributed by atoms with Gasteiger partial charge in [0.2, 0.25) is 5.91 Å². The molecule has 1 heterocycles. The summed E-state index contributed by atoms with van der Waals surface area (Å²) < 4.78 is 0. The van der Waals surface area contributed by atoms with E-state index in [0.717, 1.165) is 19.5 Å². The molecule has 19 heavy (non-hydrogen) atoms. The van der Waals surface area contributed by atoms with Crippen LogP contribution >= 0.6 is 12.4 Å². The third kappa shape index (κ3) is 2.50. The normalized spacial score (nSPS) is 40.8. The van der Waals surface area contributed by atoms with Crippen LogP contribution in [0, 0.1) is 17.8 Å². The van der Waals surface area contributed by atoms with E-state index in [1.54, 1.807) is 0 Å². The quantitative estimate of drug-likeness (QED) is 0.822. The highest BCUT2D eigenvalue weighted by Gasteiger charge is 2.50. The highest BCUT2D eigenvalue weighted by atomic mass is 35.5. The molecule has 0 aromatic carbocycles. The van der Waals surface area contributed by atoms with Gasteiger partial charge in [-0.25, -0.2) is 0 Å². The Balaban J connectivity index is 0.00000133. The number of carbonyl (C=O) groups is 1. The number of rotatable bonds is 2. The maximum Gasteiger partial charge on any atom is 0.227 e. The van der Waals surface area contributed by atoms with Crippen LogP contribution in [-0.4, -0.2) is 55.0 Å². The van der Waals surface area contributed by atoms with Crippen LogP contribution in [0.5, 0.6) is 0 Å². The molecule has 5 heteroatoms. The molecule has 4 nitrogen and oxygen atoms in total. The summed E-state index contributed by atoms with van der Waals surface area (Å²) in [6, 6.07) is 0.665. The molecule has 3 fully saturated rings. The van der Waals surface area contributed by atoms with Gasteiger partial charge in [0.25, 0.3) is 0 Å². The molecule has 2 N–H and O–H groups in total. The summed E-state index contributed by atoms with van der Waals surface area (Å²) in [6.45, 7) is 1.81. The van der Waals surface area contributed by atoms with Crippen LogP contribution in [0.3, 0.4) is 0 Å². The van der Waals surface area contributed by atoms with Gasteiger partial charge in [0.1, 0.15) is 0 Å². The predicted octanol–water partition coefficient (Wildman–Crippen LogP) is 0.944. The number of nitrogens with two attached hydrogens (primary N) is 1. The molecule has 2 saturated carbocycles. The van der Waals surface area contributed by atoms with Gasteiger partial charge in [0.05, 0.1) is 5.92 Å². The van der Waals surface area contributed by atoms with Crippen molar-refractivity contribution < 1.29 is 4.79 Å². The second-order valence-electron chi connectivity index (χ2n) is 6.63. The van der Waals surface area contributed by atoms with E-state index in [9.17, 15) is 4.79 Å². The van der Waals surface area contributed by atoms with E-state index in [-0.39, 0.29) is 24.4 Å². The number of likely N-dealkylation sites (N-methyl/N-ethyl adjacent to an activating group) is 1. The second kappa shape index (κ2) is 5.58. The van der Waals surface area contributed by atoms with E-state index in [1.807, 2.05) is 0 Å². The third-order valence-corrected chi connectivity index (χ3v) is 5.47. The number of halogens is 1. The Morgan fingerprint density at radius 2 is 1.89 bits per heavy atom. The highest BCUT2D eigenvalue weighted by molar-refractivity contribution is 5.85. The summed E-state index contributed by atoms with van der Waals surface area (Å²) >= 11 is 0. The molecular formula is C14H26ClN3O. The average molecular weight is 288 g/mol. The minimum atomic E-state index is 0. The molecule has 0 radical (unpaired) electrons. The van der Waals surface area contributed by atoms with Crippen LogP contribution in [0.2, 0.25) is 0 Å². The number of hydrogen-bond donors (Lipinski definition) is 1. The van der Waals surface area contributed by atoms with Gasteiger partial charge >= 0.3 is 0 Å². The van der Waals surface area contributed by atoms with Crippen LogP contribution in [0.4, 0.5) is 0 Å². The summed E-state index contributed by atoms with van der Waals surface area (Å²) in [5.41, 5.74) is 6.27. The van der Waals surface area contributed by atoms with Gasteiger partial charge in [0.15, 0.2) is 0 Å². The maximum atomic E-state index is 12.6. The summed E-state index contributed by atoms with van der Waals surface area (Å²) in [5.74, 6) is 1.68. The fourth-order valence-corrected chi connectivity index (χ4v) is 4.28. The lowest BCUT2D eigenvalue weighted by molar-refractivity contribution is -0.136. The van der Waals surface area contributed by atoms with Crippen LogP contribution in [0.15, 0.2) is 0 Å². The van der Waals surface area contributed by atoms with Crippen molar-refractivity contribution >= 4 is 18.3 Å². The molecule has 5 unspecified atom stereocenters. The van der Waals surface area contributed by atoms with Crippen LogP contribution in [0.25, 0.3) is 0 Å². The molecule has 3 rings (SSSR count). The number of hydrogen-bond acceptors (Lipinski definition) is 3. The molecule has 1 saturated heterocycles. The topological polar surface area (TPSA) is 49.6 Å². The smallest absolute Gasteiger partial charge is 0.227 e. The molecule has 1 amide bonds. The summed E-state index contributed by atoms with van der Waals surface area (Å²) in [6.07, 6.45) is 4.77. The Morgan fingerprint density at radius 3 is 2.42 bits per heavy atom. The summed E-state index contributed by atoms with van der Waals surface area (Å²) in [5, 5.41) is 0. The largest absolute Gasteiger partial charge is 0.341 e. The Hall–Kier alpha value is -0.320. The zero-order valence-electron chi connectivity index (χ0n) is 11.9. The Kier molecular flexibility index (Phi) is 4.43. The Bertz CT molecular complexity index is 348. The monoisotopic (exact) mass is 287 g/mol. The van der Waals surface area contributed by atoms with Crippen molar-refractivity contribution in [1.82, 2.24) is 9.80 Å². The second-order valence-corrected chi connectivity index (χ2v) is 6.63. The van der Waals surface area contributed by atoms with Crippen molar-refractivity contribution in [3.05, 3.63) is 0 Å². The number of amides is 1. The first-order valence-electron chi connectivity index (χ1n) is 7.28. The lowest BCUT2D eigenvalue weighted by atomic mass is 9.84. The highest BCUT2D eigenvalue weighted by Crippen LogP contribution is 2.48. The Morgan fingerprint density at radius 1 is 1.21 bits per heavy atom. The minimum absolute atomic E-state index is 0. The number of carbonyl (C=O) groups excluding carboxylic acids is 1. The van der Waals surface area contributed by atoms with Crippen LogP contribution in [0.1, 0.15) is 25.7 Å². The third-order valence-electron chi connectivity index (χ3n) is 5.47. The van der Waals surface area contributed by atoms with E-state index in [2.05, 4.69) is 23.9 Å². The fourth-order valence-electron chi connectivity index (χ4n) is 4.28. The van der Waals surface area contributed by atoms with Crippen molar-refractivity contribution in [2.75, 3.05) is 27.2 Å². The molecule has 0 spiro atoms. The van der Waals surface area contributed by atoms with E-state index in [1.165, 1.54) is 19.3 Å². The molecule has 2 bridgehead atoms. The van der Waals surface area contributed by atoms with Crippen LogP contribution in [-0.2, 0) is 4.79 Å². The molecule has 5 atom stereocenters. The molecule has 0 aromatic rings. The van der Waals surface area contributed by atoms with Gasteiger partial charge in [-0.3, -0.25) is 4.79 Å². The van der Waals surface area contributed by atoms with Crippen molar-refractivity contribution in [1.29, 1.82) is 0 Å². The predicted molar refractivity (Wildman–Crippen MR) is 78.2 cm³/mol. The molecule has 2 aliphatic carbocycles. The van der Waals surface area contributed by atoms with Gasteiger partial charge in [-0.1, -0.05) is 0 Å². The van der Waals surface area contributed by atoms with Crippen molar-refractivity contribution in [3.8, 4) is 0 Å². The Labute approximate surface area is 122 Å². The van der Waals surface area contributed by atoms with Gasteiger partial charge in [0, 0.05) is 25.2 Å². The zero-order valence-corrected chi connectivity index (χ0v) is 12.7. The van der Waals surface area contributed by atoms with Gasteiger partial charge in [-0.15, -0.1) is 12.4 Å². The van der Waals surface area contributed by atoms with E-state index in [4.69, 9.17) is 5.73 Å². The lowest BCUT2D eigenvalue weighted by Crippen LogP contribution is -2.47. The van der Waals surface area contributed by atoms with E-state index < -0.39 is 0 Å².